The molecule has 1 aliphatic heterocycles. The molecule has 1 aliphatic rings. The Morgan fingerprint density at radius 2 is 1.78 bits per heavy atom. The van der Waals surface area contributed by atoms with E-state index in [9.17, 15) is 18.8 Å². The molecule has 0 atom stereocenters. The van der Waals surface area contributed by atoms with E-state index >= 15 is 0 Å². The Labute approximate surface area is 191 Å². The number of nitrogens with zero attached hydrogens (tertiary/aromatic N) is 2. The van der Waals surface area contributed by atoms with Crippen LogP contribution in [0.4, 0.5) is 9.39 Å². The second-order valence-electron chi connectivity index (χ2n) is 7.89. The fourth-order valence-corrected chi connectivity index (χ4v) is 4.53. The quantitative estimate of drug-likeness (QED) is 0.639. The number of anilines is 1. The predicted molar refractivity (Wildman–Crippen MR) is 122 cm³/mol. The van der Waals surface area contributed by atoms with Gasteiger partial charge in [0.15, 0.2) is 0 Å². The van der Waals surface area contributed by atoms with E-state index in [1.165, 1.54) is 23.5 Å². The van der Waals surface area contributed by atoms with E-state index in [0.717, 1.165) is 0 Å². The van der Waals surface area contributed by atoms with E-state index in [1.54, 1.807) is 24.4 Å². The molecule has 172 valence electrons. The first-order valence-electron chi connectivity index (χ1n) is 10.7. The summed E-state index contributed by atoms with van der Waals surface area (Å²) < 4.78 is 18.5. The van der Waals surface area contributed by atoms with Gasteiger partial charge < -0.3 is 15.0 Å². The summed E-state index contributed by atoms with van der Waals surface area (Å²) in [7, 11) is 0. The summed E-state index contributed by atoms with van der Waals surface area (Å²) in [5.41, 5.74) is 1.52. The lowest BCUT2D eigenvalue weighted by Crippen LogP contribution is -2.51. The van der Waals surface area contributed by atoms with E-state index < -0.39 is 5.97 Å². The van der Waals surface area contributed by atoms with Crippen molar-refractivity contribution in [2.24, 2.45) is 5.92 Å². The molecule has 0 aliphatic carbocycles. The van der Waals surface area contributed by atoms with Crippen molar-refractivity contribution in [3.05, 3.63) is 41.0 Å². The van der Waals surface area contributed by atoms with Crippen molar-refractivity contribution in [1.29, 1.82) is 0 Å². The van der Waals surface area contributed by atoms with Crippen molar-refractivity contribution in [1.82, 2.24) is 9.80 Å². The summed E-state index contributed by atoms with van der Waals surface area (Å²) in [5, 5.41) is 4.99. The second-order valence-corrected chi connectivity index (χ2v) is 8.76. The molecule has 2 amide bonds. The third kappa shape index (κ3) is 5.72. The van der Waals surface area contributed by atoms with Crippen LogP contribution in [0.1, 0.15) is 31.1 Å². The smallest absolute Gasteiger partial charge is 0.341 e. The Kier molecular flexibility index (Phi) is 7.98. The fraction of sp³-hybridized carbons (Fsp3) is 0.435. The summed E-state index contributed by atoms with van der Waals surface area (Å²) in [4.78, 5) is 41.3. The number of ether oxygens (including phenoxy) is 1. The van der Waals surface area contributed by atoms with Crippen LogP contribution >= 0.6 is 11.3 Å². The molecule has 1 aromatic heterocycles. The van der Waals surface area contributed by atoms with E-state index in [0.29, 0.717) is 42.3 Å². The molecule has 1 N–H and O–H groups in total. The minimum absolute atomic E-state index is 0.0414. The van der Waals surface area contributed by atoms with Gasteiger partial charge in [-0.3, -0.25) is 14.5 Å². The third-order valence-electron chi connectivity index (χ3n) is 5.22. The van der Waals surface area contributed by atoms with Gasteiger partial charge in [-0.05, 0) is 24.6 Å². The number of nitrogens with one attached hydrogen (secondary N) is 1. The van der Waals surface area contributed by atoms with Crippen molar-refractivity contribution in [3.63, 3.8) is 0 Å². The van der Waals surface area contributed by atoms with E-state index in [4.69, 9.17) is 4.74 Å². The molecule has 2 aromatic rings. The molecule has 0 bridgehead atoms. The molecular weight excluding hydrogens is 433 g/mol. The molecule has 1 fully saturated rings. The molecule has 1 aromatic carbocycles. The van der Waals surface area contributed by atoms with Gasteiger partial charge in [0.05, 0.1) is 13.2 Å². The molecular formula is C23H28FN3O4S. The Morgan fingerprint density at radius 3 is 2.38 bits per heavy atom. The first-order chi connectivity index (χ1) is 15.3. The van der Waals surface area contributed by atoms with Crippen LogP contribution in [0.5, 0.6) is 0 Å². The number of piperazine rings is 1. The Balaban J connectivity index is 1.69. The number of esters is 1. The van der Waals surface area contributed by atoms with Crippen molar-refractivity contribution in [2.75, 3.05) is 44.6 Å². The van der Waals surface area contributed by atoms with E-state index in [1.807, 2.05) is 23.6 Å². The number of thiophene rings is 1. The zero-order valence-corrected chi connectivity index (χ0v) is 19.3. The first kappa shape index (κ1) is 23.9. The third-order valence-corrected chi connectivity index (χ3v) is 6.12. The summed E-state index contributed by atoms with van der Waals surface area (Å²) in [6.45, 7) is 8.24. The minimum Gasteiger partial charge on any atom is -0.462 e. The Bertz CT molecular complexity index is 966. The summed E-state index contributed by atoms with van der Waals surface area (Å²) in [6.07, 6.45) is 0. The number of rotatable bonds is 7. The van der Waals surface area contributed by atoms with Gasteiger partial charge in [-0.15, -0.1) is 11.3 Å². The molecule has 1 saturated heterocycles. The summed E-state index contributed by atoms with van der Waals surface area (Å²) >= 11 is 1.23. The predicted octanol–water partition coefficient (Wildman–Crippen LogP) is 3.47. The molecule has 3 rings (SSSR count). The molecule has 2 heterocycles. The maximum atomic E-state index is 13.3. The van der Waals surface area contributed by atoms with Crippen LogP contribution in [-0.2, 0) is 14.3 Å². The average Bonchev–Trinajstić information content (AvgIpc) is 3.17. The summed E-state index contributed by atoms with van der Waals surface area (Å²) in [6, 6.07) is 5.82. The van der Waals surface area contributed by atoms with E-state index in [2.05, 4.69) is 5.32 Å². The van der Waals surface area contributed by atoms with Gasteiger partial charge in [0.25, 0.3) is 0 Å². The van der Waals surface area contributed by atoms with Crippen LogP contribution in [-0.4, -0.2) is 66.9 Å². The molecule has 0 radical (unpaired) electrons. The summed E-state index contributed by atoms with van der Waals surface area (Å²) in [5.74, 6) is -1.07. The van der Waals surface area contributed by atoms with Gasteiger partial charge in [-0.2, -0.15) is 0 Å². The lowest BCUT2D eigenvalue weighted by Gasteiger charge is -2.35. The van der Waals surface area contributed by atoms with E-state index in [-0.39, 0.29) is 42.3 Å². The minimum atomic E-state index is -0.538. The van der Waals surface area contributed by atoms with Crippen molar-refractivity contribution in [2.45, 2.75) is 20.8 Å². The van der Waals surface area contributed by atoms with Crippen LogP contribution in [0.25, 0.3) is 11.1 Å². The van der Waals surface area contributed by atoms with Crippen LogP contribution in [0.15, 0.2) is 29.6 Å². The van der Waals surface area contributed by atoms with Crippen molar-refractivity contribution < 1.29 is 23.5 Å². The number of amides is 2. The molecule has 7 nitrogen and oxygen atoms in total. The zero-order chi connectivity index (χ0) is 23.3. The number of carbonyl (C=O) groups is 3. The molecule has 0 unspecified atom stereocenters. The zero-order valence-electron chi connectivity index (χ0n) is 18.5. The number of carbonyl (C=O) groups excluding carboxylic acids is 3. The molecule has 9 heteroatoms. The van der Waals surface area contributed by atoms with Gasteiger partial charge in [-0.25, -0.2) is 9.18 Å². The lowest BCUT2D eigenvalue weighted by atomic mass is 10.0. The number of benzene rings is 1. The Morgan fingerprint density at radius 1 is 1.12 bits per heavy atom. The largest absolute Gasteiger partial charge is 0.462 e. The average molecular weight is 462 g/mol. The highest BCUT2D eigenvalue weighted by atomic mass is 32.1. The van der Waals surface area contributed by atoms with Crippen molar-refractivity contribution in [3.8, 4) is 11.1 Å². The topological polar surface area (TPSA) is 79.0 Å². The van der Waals surface area contributed by atoms with Crippen LogP contribution in [0, 0.1) is 11.7 Å². The lowest BCUT2D eigenvalue weighted by molar-refractivity contribution is -0.136. The number of hydrogen-bond donors (Lipinski definition) is 1. The monoisotopic (exact) mass is 461 g/mol. The van der Waals surface area contributed by atoms with Crippen LogP contribution in [0.3, 0.4) is 0 Å². The number of hydrogen-bond acceptors (Lipinski definition) is 6. The second kappa shape index (κ2) is 10.7. The maximum absolute atomic E-state index is 13.3. The standard InChI is InChI=1S/C23H28FN3O4S/c1-4-31-23(30)20-18(16-5-7-17(24)8-6-16)14-32-21(20)25-19(28)13-26-9-11-27(12-10-26)22(29)15(2)3/h5-8,14-15H,4,9-13H2,1-3H3,(H,25,28). The molecule has 32 heavy (non-hydrogen) atoms. The highest BCUT2D eigenvalue weighted by molar-refractivity contribution is 7.15. The Hall–Kier alpha value is -2.78. The fourth-order valence-electron chi connectivity index (χ4n) is 3.56. The van der Waals surface area contributed by atoms with Crippen LogP contribution < -0.4 is 5.32 Å². The normalized spacial score (nSPS) is 14.5. The molecule has 0 saturated carbocycles. The van der Waals surface area contributed by atoms with Gasteiger partial charge in [-0.1, -0.05) is 26.0 Å². The first-order valence-corrected chi connectivity index (χ1v) is 11.5. The maximum Gasteiger partial charge on any atom is 0.341 e. The van der Waals surface area contributed by atoms with Gasteiger partial charge in [0.2, 0.25) is 11.8 Å². The van der Waals surface area contributed by atoms with Gasteiger partial charge in [0.1, 0.15) is 16.4 Å². The van der Waals surface area contributed by atoms with Crippen LogP contribution in [0.2, 0.25) is 0 Å². The highest BCUT2D eigenvalue weighted by Crippen LogP contribution is 2.36. The SMILES string of the molecule is CCOC(=O)c1c(-c2ccc(F)cc2)csc1NC(=O)CN1CCN(C(=O)C(C)C)CC1. The van der Waals surface area contributed by atoms with Gasteiger partial charge >= 0.3 is 5.97 Å². The highest BCUT2D eigenvalue weighted by Gasteiger charge is 2.26. The van der Waals surface area contributed by atoms with Crippen molar-refractivity contribution >= 4 is 34.1 Å². The number of halogens is 1. The van der Waals surface area contributed by atoms with Gasteiger partial charge in [0, 0.05) is 43.0 Å². The molecule has 0 spiro atoms.